The minimum absolute atomic E-state index is 0.0123. The molecule has 21 heteroatoms. The van der Waals surface area contributed by atoms with Crippen LogP contribution < -0.4 is 16.0 Å². The number of aliphatic carboxylic acids is 1. The van der Waals surface area contributed by atoms with Gasteiger partial charge in [0, 0.05) is 66.1 Å². The van der Waals surface area contributed by atoms with Crippen LogP contribution in [0.4, 0.5) is 9.59 Å². The second kappa shape index (κ2) is 48.3. The van der Waals surface area contributed by atoms with E-state index in [4.69, 9.17) is 35.7 Å². The quantitative estimate of drug-likeness (QED) is 0.0164. The lowest BCUT2D eigenvalue weighted by Crippen LogP contribution is -2.52. The number of Topliss-reactive ketones (excluding diaryl/α,β-unsaturated/α-hetero) is 1. The highest BCUT2D eigenvalue weighted by Gasteiger charge is 2.35. The monoisotopic (exact) mass is 1680 g/mol. The molecule has 0 aliphatic heterocycles. The maximum atomic E-state index is 13.6. The highest BCUT2D eigenvalue weighted by Crippen LogP contribution is 2.38. The van der Waals surface area contributed by atoms with Gasteiger partial charge in [0.05, 0.1) is 30.2 Å². The summed E-state index contributed by atoms with van der Waals surface area (Å²) in [6.45, 7) is 57.3. The molecule has 0 saturated heterocycles. The number of hydrogen-bond donors (Lipinski definition) is 4. The van der Waals surface area contributed by atoms with Gasteiger partial charge in [-0.1, -0.05) is 229 Å². The van der Waals surface area contributed by atoms with Gasteiger partial charge in [-0.25, -0.2) is 19.2 Å². The van der Waals surface area contributed by atoms with Crippen molar-refractivity contribution in [1.82, 2.24) is 25.1 Å². The second-order valence-electron chi connectivity index (χ2n) is 40.3. The van der Waals surface area contributed by atoms with Gasteiger partial charge in [0.15, 0.2) is 0 Å². The Morgan fingerprint density at radius 3 is 1.11 bits per heavy atom. The maximum Gasteiger partial charge on any atom is 0.419 e. The van der Waals surface area contributed by atoms with E-state index < -0.39 is 83.1 Å². The Bertz CT molecular complexity index is 4240. The molecular formula is C99H150ClN5O15. The number of carboxylic acids is 1. The van der Waals surface area contributed by atoms with Gasteiger partial charge in [0.25, 0.3) is 0 Å². The van der Waals surface area contributed by atoms with Crippen molar-refractivity contribution in [3.05, 3.63) is 144 Å². The summed E-state index contributed by atoms with van der Waals surface area (Å²) in [6.07, 6.45) is 12.1. The number of nitrogens with zero attached hydrogens (tertiary/aromatic N) is 2. The van der Waals surface area contributed by atoms with Crippen LogP contribution in [-0.2, 0) is 83.0 Å². The molecule has 0 bridgehead atoms. The summed E-state index contributed by atoms with van der Waals surface area (Å²) in [7, 11) is 0. The molecule has 6 aromatic rings. The Kier molecular flexibility index (Phi) is 42.4. The van der Waals surface area contributed by atoms with Crippen molar-refractivity contribution in [1.29, 1.82) is 0 Å². The standard InChI is InChI=1S/C33H55NO4.C31H39N3O6.C18H35ClO.C17H21NO4/c1-11-38-31(37)28(20-26-15-13-12-14-16-26)34-30(36)24(3)19-29(35)27(25(4)22-33(8,9)10)18-17-23(2)21-32(5,6)7;1-7-39-29(37)25(18-22-13-9-8-10-14-22)33-28(36)21(3)32-27(35)20(2)17-23-19-34(30(38)40-31(4,5)6)26-16-12-11-15-24(23)26;1-13(11-17(3,4)5)9-10-15(16(19)20)14(2)12-18(6,7)8;1-11(15(19)20)9-12-10-18(16(21)22-17(2,3)4)14-8-6-5-7-13(12)14/h12-16,23-25,27-28H,11,17-22H2,1-10H3,(H,34,36);8-16,19-21,25H,7,17-18H2,1-6H3,(H,32,35)(H,33,36);13-15H,9-12H2,1-8H3;5-8,10-11H,9H2,1-4H3,(H,19,20)/t23?,24-,25?,27?,28+;20-,21-,25-;;11-/m10.0/s1. The zero-order valence-corrected chi connectivity index (χ0v) is 78.8. The van der Waals surface area contributed by atoms with Crippen LogP contribution in [0.1, 0.15) is 274 Å². The molecule has 20 nitrogen and oxygen atoms in total. The number of carbonyl (C=O) groups is 10. The number of ether oxygens (including phenoxy) is 4. The molecule has 2 aromatic heterocycles. The summed E-state index contributed by atoms with van der Waals surface area (Å²) in [5, 5.41) is 19.0. The molecule has 0 aliphatic rings. The van der Waals surface area contributed by atoms with E-state index in [2.05, 4.69) is 127 Å². The van der Waals surface area contributed by atoms with Crippen molar-refractivity contribution in [3.63, 3.8) is 0 Å². The zero-order chi connectivity index (χ0) is 91.2. The molecular weight excluding hydrogens is 1530 g/mol. The first-order valence-electron chi connectivity index (χ1n) is 43.3. The smallest absolute Gasteiger partial charge is 0.419 e. The van der Waals surface area contributed by atoms with E-state index in [-0.39, 0.29) is 82.9 Å². The number of rotatable bonds is 35. The first kappa shape index (κ1) is 106. The Morgan fingerprint density at radius 1 is 0.408 bits per heavy atom. The molecule has 0 aliphatic carbocycles. The summed E-state index contributed by atoms with van der Waals surface area (Å²) >= 11 is 5.85. The van der Waals surface area contributed by atoms with E-state index in [1.165, 1.54) is 15.6 Å². The molecule has 2 heterocycles. The SMILES string of the molecule is CC(CCC(C(=O)Cl)C(C)CC(C)(C)C)CC(C)(C)C.CCOC(=O)[C@H](Cc1ccccc1)NC(=O)[C@H](C)CC(=O)C(CCC(C)CC(C)(C)C)C(C)CC(C)(C)C.CCOC(=O)[C@H](Cc1ccccc1)NC(=O)[C@H](C)NC(=O)[C@@H](C)Cc1cn(C(=O)OC(C)(C)C)c2ccccc12.C[C@@H](Cc1cn(C(=O)OC(C)(C)C)c2ccccc12)C(=O)O. The number of para-hydroxylation sites is 2. The largest absolute Gasteiger partial charge is 0.481 e. The van der Waals surface area contributed by atoms with Gasteiger partial charge in [-0.2, -0.15) is 0 Å². The van der Waals surface area contributed by atoms with Crippen molar-refractivity contribution < 1.29 is 72.0 Å². The molecule has 4 aromatic carbocycles. The summed E-state index contributed by atoms with van der Waals surface area (Å²) < 4.78 is 24.2. The van der Waals surface area contributed by atoms with Crippen LogP contribution in [0.3, 0.4) is 0 Å². The minimum atomic E-state index is -0.884. The fourth-order valence-electron chi connectivity index (χ4n) is 15.6. The average molecular weight is 1690 g/mol. The van der Waals surface area contributed by atoms with E-state index in [0.717, 1.165) is 83.5 Å². The van der Waals surface area contributed by atoms with E-state index in [9.17, 15) is 47.9 Å². The van der Waals surface area contributed by atoms with Crippen LogP contribution in [0.2, 0.25) is 0 Å². The number of hydrogen-bond acceptors (Lipinski definition) is 14. The third-order valence-electron chi connectivity index (χ3n) is 20.5. The molecule has 4 N–H and O–H groups in total. The molecule has 0 saturated carbocycles. The van der Waals surface area contributed by atoms with Crippen molar-refractivity contribution in [2.45, 2.75) is 307 Å². The van der Waals surface area contributed by atoms with Crippen LogP contribution in [-0.4, -0.2) is 116 Å². The predicted octanol–water partition coefficient (Wildman–Crippen LogP) is 21.8. The van der Waals surface area contributed by atoms with Gasteiger partial charge < -0.3 is 40.0 Å². The highest BCUT2D eigenvalue weighted by molar-refractivity contribution is 6.64. The third kappa shape index (κ3) is 39.9. The van der Waals surface area contributed by atoms with Crippen molar-refractivity contribution in [2.24, 2.45) is 74.9 Å². The number of fused-ring (bicyclic) bond motifs is 2. The van der Waals surface area contributed by atoms with Crippen LogP contribution in [0.5, 0.6) is 0 Å². The van der Waals surface area contributed by atoms with Crippen molar-refractivity contribution in [3.8, 4) is 0 Å². The molecule has 6 unspecified atom stereocenters. The van der Waals surface area contributed by atoms with Gasteiger partial charge >= 0.3 is 30.1 Å². The summed E-state index contributed by atoms with van der Waals surface area (Å²) in [4.78, 5) is 126. The summed E-state index contributed by atoms with van der Waals surface area (Å²) in [5.41, 5.74) is 4.63. The van der Waals surface area contributed by atoms with Gasteiger partial charge in [-0.3, -0.25) is 37.9 Å². The maximum absolute atomic E-state index is 13.6. The molecule has 12 atom stereocenters. The zero-order valence-electron chi connectivity index (χ0n) is 78.0. The minimum Gasteiger partial charge on any atom is -0.481 e. The fourth-order valence-corrected chi connectivity index (χ4v) is 15.9. The van der Waals surface area contributed by atoms with Gasteiger partial charge in [-0.05, 0) is 218 Å². The molecule has 668 valence electrons. The van der Waals surface area contributed by atoms with E-state index >= 15 is 0 Å². The normalized spacial score (nSPS) is 15.0. The van der Waals surface area contributed by atoms with Crippen molar-refractivity contribution in [2.75, 3.05) is 13.2 Å². The van der Waals surface area contributed by atoms with E-state index in [0.29, 0.717) is 47.9 Å². The lowest BCUT2D eigenvalue weighted by atomic mass is 9.73. The fraction of sp³-hybridized carbons (Fsp3) is 0.616. The van der Waals surface area contributed by atoms with Crippen LogP contribution in [0.25, 0.3) is 21.8 Å². The lowest BCUT2D eigenvalue weighted by molar-refractivity contribution is -0.148. The Hall–Kier alpha value is -8.65. The molecule has 0 radical (unpaired) electrons. The number of halogens is 1. The number of esters is 2. The number of aromatic nitrogens is 2. The van der Waals surface area contributed by atoms with Crippen LogP contribution in [0, 0.1) is 74.9 Å². The number of ketones is 1. The topological polar surface area (TPSA) is 274 Å². The molecule has 0 spiro atoms. The molecule has 6 rings (SSSR count). The molecule has 0 fully saturated rings. The van der Waals surface area contributed by atoms with Crippen LogP contribution >= 0.6 is 11.6 Å². The Morgan fingerprint density at radius 2 is 0.750 bits per heavy atom. The molecule has 3 amide bonds. The second-order valence-corrected chi connectivity index (χ2v) is 40.7. The summed E-state index contributed by atoms with van der Waals surface area (Å²) in [5.74, 6) is -2.59. The first-order valence-corrected chi connectivity index (χ1v) is 43.7. The Balaban J connectivity index is 0.000000431. The Labute approximate surface area is 724 Å². The molecule has 120 heavy (non-hydrogen) atoms. The average Bonchev–Trinajstić information content (AvgIpc) is 1.64. The number of carboxylic acid groups (broad SMARTS) is 1. The lowest BCUT2D eigenvalue weighted by Gasteiger charge is -2.31. The first-order chi connectivity index (χ1) is 55.4. The van der Waals surface area contributed by atoms with E-state index in [1.807, 2.05) is 130 Å². The highest BCUT2D eigenvalue weighted by atomic mass is 35.5. The van der Waals surface area contributed by atoms with E-state index in [1.54, 1.807) is 74.7 Å². The van der Waals surface area contributed by atoms with Gasteiger partial charge in [0.2, 0.25) is 23.0 Å². The third-order valence-corrected chi connectivity index (χ3v) is 20.8. The van der Waals surface area contributed by atoms with Crippen LogP contribution in [0.15, 0.2) is 122 Å². The summed E-state index contributed by atoms with van der Waals surface area (Å²) in [6, 6.07) is 31.2. The number of nitrogens with one attached hydrogen (secondary N) is 3. The van der Waals surface area contributed by atoms with Gasteiger partial charge in [0.1, 0.15) is 35.1 Å². The number of carbonyl (C=O) groups excluding carboxylic acids is 9. The van der Waals surface area contributed by atoms with Crippen molar-refractivity contribution >= 4 is 92.2 Å². The number of amides is 3. The number of benzene rings is 4. The predicted molar refractivity (Wildman–Crippen MR) is 484 cm³/mol. The van der Waals surface area contributed by atoms with Gasteiger partial charge in [-0.15, -0.1) is 0 Å².